The highest BCUT2D eigenvalue weighted by atomic mass is 35.5. The molecule has 0 bridgehead atoms. The lowest BCUT2D eigenvalue weighted by Gasteiger charge is -2.10. The van der Waals surface area contributed by atoms with Gasteiger partial charge in [0.05, 0.1) is 5.69 Å². The van der Waals surface area contributed by atoms with E-state index >= 15 is 0 Å². The summed E-state index contributed by atoms with van der Waals surface area (Å²) in [7, 11) is 0. The molecule has 0 N–H and O–H groups in total. The first-order chi connectivity index (χ1) is 7.97. The summed E-state index contributed by atoms with van der Waals surface area (Å²) in [6.07, 6.45) is 3.20. The minimum atomic E-state index is -1.04. The molecule has 1 unspecified atom stereocenters. The van der Waals surface area contributed by atoms with Crippen molar-refractivity contribution in [2.75, 3.05) is 0 Å². The van der Waals surface area contributed by atoms with Gasteiger partial charge in [0.1, 0.15) is 0 Å². The highest BCUT2D eigenvalue weighted by molar-refractivity contribution is 6.59. The zero-order valence-electron chi connectivity index (χ0n) is 8.37. The molecule has 7 heteroatoms. The fraction of sp³-hybridized carbons (Fsp3) is 0.100. The summed E-state index contributed by atoms with van der Waals surface area (Å²) in [6.45, 7) is 3.57. The van der Waals surface area contributed by atoms with E-state index in [1.807, 2.05) is 0 Å². The Kier molecular flexibility index (Phi) is 5.40. The Labute approximate surface area is 118 Å². The van der Waals surface area contributed by atoms with Crippen LogP contribution in [0.4, 0.5) is 0 Å². The summed E-state index contributed by atoms with van der Waals surface area (Å²) < 4.78 is 5.90. The van der Waals surface area contributed by atoms with Gasteiger partial charge in [-0.2, -0.15) is 0 Å². The summed E-state index contributed by atoms with van der Waals surface area (Å²) in [6, 6.07) is 3.37. The van der Waals surface area contributed by atoms with Gasteiger partial charge in [0.25, 0.3) is 0 Å². The Bertz CT molecular complexity index is 463. The SMILES string of the molecule is C=Cn1cccc1C(Cl)C(=O)OC(Cl)=C(Cl)Cl. The van der Waals surface area contributed by atoms with Gasteiger partial charge in [-0.05, 0) is 23.7 Å². The predicted octanol–water partition coefficient (Wildman–Crippen LogP) is 4.25. The quantitative estimate of drug-likeness (QED) is 0.472. The fourth-order valence-electron chi connectivity index (χ4n) is 1.09. The Morgan fingerprint density at radius 3 is 2.65 bits per heavy atom. The summed E-state index contributed by atoms with van der Waals surface area (Å²) in [5.74, 6) is -0.780. The number of carbonyl (C=O) groups excluding carboxylic acids is 1. The summed E-state index contributed by atoms with van der Waals surface area (Å²) in [5.41, 5.74) is 0.502. The van der Waals surface area contributed by atoms with E-state index in [-0.39, 0.29) is 4.49 Å². The molecule has 17 heavy (non-hydrogen) atoms. The number of carbonyl (C=O) groups is 1. The van der Waals surface area contributed by atoms with E-state index < -0.39 is 16.6 Å². The van der Waals surface area contributed by atoms with Crippen LogP contribution in [0, 0.1) is 0 Å². The molecule has 1 atom stereocenters. The van der Waals surface area contributed by atoms with Gasteiger partial charge < -0.3 is 9.30 Å². The fourth-order valence-corrected chi connectivity index (χ4v) is 1.47. The van der Waals surface area contributed by atoms with Crippen LogP contribution in [0.1, 0.15) is 11.1 Å². The average Bonchev–Trinajstić information content (AvgIpc) is 2.75. The van der Waals surface area contributed by atoms with Gasteiger partial charge in [-0.1, -0.05) is 29.8 Å². The maximum atomic E-state index is 11.6. The van der Waals surface area contributed by atoms with Crippen molar-refractivity contribution in [1.29, 1.82) is 0 Å². The van der Waals surface area contributed by atoms with Gasteiger partial charge in [0.2, 0.25) is 5.22 Å². The molecule has 0 saturated heterocycles. The Morgan fingerprint density at radius 2 is 2.12 bits per heavy atom. The van der Waals surface area contributed by atoms with Crippen LogP contribution in [0.25, 0.3) is 6.20 Å². The zero-order valence-corrected chi connectivity index (χ0v) is 11.4. The molecular formula is C10H7Cl4NO2. The van der Waals surface area contributed by atoms with E-state index in [0.717, 1.165) is 0 Å². The van der Waals surface area contributed by atoms with Crippen LogP contribution in [0.15, 0.2) is 34.6 Å². The van der Waals surface area contributed by atoms with Crippen molar-refractivity contribution in [3.05, 3.63) is 40.3 Å². The first-order valence-corrected chi connectivity index (χ1v) is 5.90. The molecule has 1 heterocycles. The number of halogens is 4. The van der Waals surface area contributed by atoms with Crippen LogP contribution in [-0.4, -0.2) is 10.5 Å². The minimum absolute atomic E-state index is 0.344. The standard InChI is InChI=1S/C10H7Cl4NO2/c1-2-15-5-3-4-6(15)7(11)10(16)17-9(14)8(12)13/h2-5,7H,1H2. The Morgan fingerprint density at radius 1 is 1.47 bits per heavy atom. The zero-order chi connectivity index (χ0) is 13.0. The topological polar surface area (TPSA) is 31.2 Å². The van der Waals surface area contributed by atoms with Gasteiger partial charge in [0.15, 0.2) is 9.87 Å². The molecular weight excluding hydrogens is 308 g/mol. The van der Waals surface area contributed by atoms with Gasteiger partial charge in [-0.25, -0.2) is 4.79 Å². The smallest absolute Gasteiger partial charge is 0.336 e. The van der Waals surface area contributed by atoms with Crippen molar-refractivity contribution < 1.29 is 9.53 Å². The molecule has 1 rings (SSSR count). The van der Waals surface area contributed by atoms with Crippen molar-refractivity contribution >= 4 is 58.6 Å². The van der Waals surface area contributed by atoms with Crippen LogP contribution in [0.5, 0.6) is 0 Å². The van der Waals surface area contributed by atoms with E-state index in [2.05, 4.69) is 11.3 Å². The lowest BCUT2D eigenvalue weighted by atomic mass is 10.3. The van der Waals surface area contributed by atoms with Gasteiger partial charge >= 0.3 is 5.97 Å². The lowest BCUT2D eigenvalue weighted by Crippen LogP contribution is -2.12. The van der Waals surface area contributed by atoms with Crippen molar-refractivity contribution in [2.45, 2.75) is 5.38 Å². The maximum absolute atomic E-state index is 11.6. The van der Waals surface area contributed by atoms with Gasteiger partial charge in [-0.15, -0.1) is 11.6 Å². The number of rotatable bonds is 4. The second-order valence-corrected chi connectivity index (χ2v) is 4.57. The van der Waals surface area contributed by atoms with Crippen molar-refractivity contribution in [2.24, 2.45) is 0 Å². The van der Waals surface area contributed by atoms with E-state index in [9.17, 15) is 4.79 Å². The Balaban J connectivity index is 2.84. The molecule has 0 amide bonds. The van der Waals surface area contributed by atoms with Crippen molar-refractivity contribution in [3.63, 3.8) is 0 Å². The predicted molar refractivity (Wildman–Crippen MR) is 70.1 cm³/mol. The average molecular weight is 315 g/mol. The molecule has 0 aliphatic heterocycles. The number of alkyl halides is 1. The minimum Gasteiger partial charge on any atom is -0.410 e. The van der Waals surface area contributed by atoms with E-state index in [1.54, 1.807) is 22.9 Å². The second kappa shape index (κ2) is 6.36. The van der Waals surface area contributed by atoms with Crippen molar-refractivity contribution in [3.8, 4) is 0 Å². The first kappa shape index (κ1) is 14.5. The number of hydrogen-bond acceptors (Lipinski definition) is 2. The van der Waals surface area contributed by atoms with Crippen molar-refractivity contribution in [1.82, 2.24) is 4.57 Å². The molecule has 3 nitrogen and oxygen atoms in total. The summed E-state index contributed by atoms with van der Waals surface area (Å²) in [4.78, 5) is 11.6. The molecule has 0 fully saturated rings. The van der Waals surface area contributed by atoms with Crippen LogP contribution < -0.4 is 0 Å². The van der Waals surface area contributed by atoms with Crippen LogP contribution in [0.2, 0.25) is 0 Å². The number of esters is 1. The number of aromatic nitrogens is 1. The van der Waals surface area contributed by atoms with Crippen LogP contribution >= 0.6 is 46.4 Å². The number of nitrogens with zero attached hydrogens (tertiary/aromatic N) is 1. The molecule has 0 aromatic carbocycles. The highest BCUT2D eigenvalue weighted by Gasteiger charge is 2.23. The molecule has 92 valence electrons. The third-order valence-corrected chi connectivity index (χ3v) is 3.02. The normalized spacial score (nSPS) is 11.8. The van der Waals surface area contributed by atoms with E-state index in [4.69, 9.17) is 46.4 Å². The van der Waals surface area contributed by atoms with Gasteiger partial charge in [-0.3, -0.25) is 0 Å². The maximum Gasteiger partial charge on any atom is 0.336 e. The molecule has 0 aliphatic carbocycles. The number of ether oxygens (including phenoxy) is 1. The molecule has 1 aromatic rings. The monoisotopic (exact) mass is 313 g/mol. The van der Waals surface area contributed by atoms with E-state index in [0.29, 0.717) is 5.69 Å². The lowest BCUT2D eigenvalue weighted by molar-refractivity contribution is -0.138. The molecule has 0 aliphatic rings. The third-order valence-electron chi connectivity index (χ3n) is 1.81. The van der Waals surface area contributed by atoms with Crippen LogP contribution in [-0.2, 0) is 9.53 Å². The molecule has 0 spiro atoms. The summed E-state index contributed by atoms with van der Waals surface area (Å²) >= 11 is 22.1. The number of hydrogen-bond donors (Lipinski definition) is 0. The van der Waals surface area contributed by atoms with E-state index in [1.165, 1.54) is 6.20 Å². The third kappa shape index (κ3) is 3.68. The largest absolute Gasteiger partial charge is 0.410 e. The summed E-state index contributed by atoms with van der Waals surface area (Å²) in [5, 5.41) is -1.45. The second-order valence-electron chi connectivity index (χ2n) is 2.84. The Hall–Kier alpha value is -0.610. The molecule has 1 aromatic heterocycles. The molecule has 0 saturated carbocycles. The van der Waals surface area contributed by atoms with Crippen LogP contribution in [0.3, 0.4) is 0 Å². The van der Waals surface area contributed by atoms with Gasteiger partial charge in [0, 0.05) is 12.4 Å². The first-order valence-electron chi connectivity index (χ1n) is 4.33. The molecule has 0 radical (unpaired) electrons. The highest BCUT2D eigenvalue weighted by Crippen LogP contribution is 2.26.